The molecule has 0 saturated carbocycles. The lowest BCUT2D eigenvalue weighted by Crippen LogP contribution is -2.10. The van der Waals surface area contributed by atoms with Crippen molar-refractivity contribution < 1.29 is 14.3 Å². The van der Waals surface area contributed by atoms with Crippen molar-refractivity contribution in [2.24, 2.45) is 5.92 Å². The molecule has 0 radical (unpaired) electrons. The summed E-state index contributed by atoms with van der Waals surface area (Å²) < 4.78 is 5.05. The second-order valence-electron chi connectivity index (χ2n) is 4.72. The highest BCUT2D eigenvalue weighted by molar-refractivity contribution is 5.89. The molecule has 0 amide bonds. The van der Waals surface area contributed by atoms with Crippen molar-refractivity contribution in [3.05, 3.63) is 35.9 Å². The molecule has 3 nitrogen and oxygen atoms in total. The lowest BCUT2D eigenvalue weighted by molar-refractivity contribution is -0.120. The fraction of sp³-hybridized carbons (Fsp3) is 0.467. The first-order chi connectivity index (χ1) is 8.59. The van der Waals surface area contributed by atoms with Gasteiger partial charge < -0.3 is 4.74 Å². The molecule has 0 N–H and O–H groups in total. The van der Waals surface area contributed by atoms with Crippen LogP contribution in [-0.2, 0) is 9.53 Å². The van der Waals surface area contributed by atoms with Crippen molar-refractivity contribution in [3.8, 4) is 0 Å². The quantitative estimate of drug-likeness (QED) is 0.696. The summed E-state index contributed by atoms with van der Waals surface area (Å²) in [5.74, 6) is 0.317. The van der Waals surface area contributed by atoms with E-state index in [9.17, 15) is 9.59 Å². The number of ether oxygens (including phenoxy) is 1. The van der Waals surface area contributed by atoms with Crippen molar-refractivity contribution in [1.29, 1.82) is 0 Å². The van der Waals surface area contributed by atoms with Crippen molar-refractivity contribution in [1.82, 2.24) is 0 Å². The first-order valence-corrected chi connectivity index (χ1v) is 6.33. The topological polar surface area (TPSA) is 43.4 Å². The predicted molar refractivity (Wildman–Crippen MR) is 70.4 cm³/mol. The second kappa shape index (κ2) is 7.64. The highest BCUT2D eigenvalue weighted by atomic mass is 16.5. The Balaban J connectivity index is 2.22. The summed E-state index contributed by atoms with van der Waals surface area (Å²) in [7, 11) is 0. The maximum absolute atomic E-state index is 11.6. The molecule has 0 aliphatic rings. The van der Waals surface area contributed by atoms with Gasteiger partial charge in [0.15, 0.2) is 0 Å². The van der Waals surface area contributed by atoms with Crippen LogP contribution in [0.5, 0.6) is 0 Å². The summed E-state index contributed by atoms with van der Waals surface area (Å²) in [6, 6.07) is 8.80. The van der Waals surface area contributed by atoms with Gasteiger partial charge in [-0.2, -0.15) is 0 Å². The Morgan fingerprint density at radius 2 is 1.78 bits per heavy atom. The van der Waals surface area contributed by atoms with E-state index < -0.39 is 0 Å². The molecule has 3 heteroatoms. The predicted octanol–water partition coefficient (Wildman–Crippen LogP) is 3.24. The van der Waals surface area contributed by atoms with Gasteiger partial charge in [-0.3, -0.25) is 4.79 Å². The van der Waals surface area contributed by atoms with Crippen LogP contribution in [0.4, 0.5) is 0 Å². The molecule has 0 aliphatic heterocycles. The molecular weight excluding hydrogens is 228 g/mol. The van der Waals surface area contributed by atoms with Crippen LogP contribution in [-0.4, -0.2) is 18.4 Å². The minimum Gasteiger partial charge on any atom is -0.462 e. The molecule has 0 atom stereocenters. The van der Waals surface area contributed by atoms with E-state index in [-0.39, 0.29) is 18.4 Å². The first kappa shape index (κ1) is 14.4. The number of Topliss-reactive ketones (excluding diaryl/α,β-unsaturated/α-hetero) is 1. The standard InChI is InChI=1S/C15H20O3/c1-12(2)8-9-14(16)10-11-18-15(17)13-6-4-3-5-7-13/h3-7,12H,8-11H2,1-2H3. The van der Waals surface area contributed by atoms with Gasteiger partial charge in [0, 0.05) is 12.8 Å². The van der Waals surface area contributed by atoms with Gasteiger partial charge >= 0.3 is 5.97 Å². The van der Waals surface area contributed by atoms with E-state index in [0.29, 0.717) is 24.3 Å². The van der Waals surface area contributed by atoms with Crippen molar-refractivity contribution in [2.75, 3.05) is 6.61 Å². The number of carbonyl (C=O) groups is 2. The van der Waals surface area contributed by atoms with Crippen LogP contribution < -0.4 is 0 Å². The zero-order valence-electron chi connectivity index (χ0n) is 11.0. The van der Waals surface area contributed by atoms with E-state index in [4.69, 9.17) is 4.74 Å². The van der Waals surface area contributed by atoms with Crippen LogP contribution in [0, 0.1) is 5.92 Å². The van der Waals surface area contributed by atoms with Gasteiger partial charge in [0.25, 0.3) is 0 Å². The maximum Gasteiger partial charge on any atom is 0.338 e. The zero-order valence-corrected chi connectivity index (χ0v) is 11.0. The van der Waals surface area contributed by atoms with E-state index >= 15 is 0 Å². The average Bonchev–Trinajstić information content (AvgIpc) is 2.37. The highest BCUT2D eigenvalue weighted by Crippen LogP contribution is 2.06. The highest BCUT2D eigenvalue weighted by Gasteiger charge is 2.08. The Hall–Kier alpha value is -1.64. The molecule has 0 aliphatic carbocycles. The van der Waals surface area contributed by atoms with Gasteiger partial charge in [-0.25, -0.2) is 4.79 Å². The largest absolute Gasteiger partial charge is 0.462 e. The second-order valence-corrected chi connectivity index (χ2v) is 4.72. The average molecular weight is 248 g/mol. The van der Waals surface area contributed by atoms with Crippen molar-refractivity contribution in [3.63, 3.8) is 0 Å². The van der Waals surface area contributed by atoms with Crippen LogP contribution in [0.25, 0.3) is 0 Å². The lowest BCUT2D eigenvalue weighted by atomic mass is 10.0. The van der Waals surface area contributed by atoms with Crippen LogP contribution in [0.1, 0.15) is 43.5 Å². The Morgan fingerprint density at radius 1 is 1.11 bits per heavy atom. The van der Waals surface area contributed by atoms with Crippen LogP contribution in [0.2, 0.25) is 0 Å². The van der Waals surface area contributed by atoms with Gasteiger partial charge in [-0.1, -0.05) is 32.0 Å². The van der Waals surface area contributed by atoms with Gasteiger partial charge in [0.1, 0.15) is 5.78 Å². The molecule has 1 aromatic carbocycles. The summed E-state index contributed by atoms with van der Waals surface area (Å²) in [6.45, 7) is 4.34. The third-order valence-electron chi connectivity index (χ3n) is 2.62. The van der Waals surface area contributed by atoms with Crippen LogP contribution in [0.3, 0.4) is 0 Å². The molecule has 0 aromatic heterocycles. The van der Waals surface area contributed by atoms with Gasteiger partial charge in [0.2, 0.25) is 0 Å². The summed E-state index contributed by atoms with van der Waals surface area (Å²) in [4.78, 5) is 23.0. The Kier molecular flexibility index (Phi) is 6.12. The number of hydrogen-bond acceptors (Lipinski definition) is 3. The summed E-state index contributed by atoms with van der Waals surface area (Å²) >= 11 is 0. The first-order valence-electron chi connectivity index (χ1n) is 6.33. The smallest absolute Gasteiger partial charge is 0.338 e. The molecule has 18 heavy (non-hydrogen) atoms. The summed E-state index contributed by atoms with van der Waals surface area (Å²) in [5, 5.41) is 0. The minimum atomic E-state index is -0.368. The fourth-order valence-corrected chi connectivity index (χ4v) is 1.49. The fourth-order valence-electron chi connectivity index (χ4n) is 1.49. The van der Waals surface area contributed by atoms with E-state index in [1.807, 2.05) is 6.07 Å². The number of hydrogen-bond donors (Lipinski definition) is 0. The van der Waals surface area contributed by atoms with E-state index in [1.165, 1.54) is 0 Å². The molecule has 98 valence electrons. The van der Waals surface area contributed by atoms with E-state index in [0.717, 1.165) is 6.42 Å². The molecule has 1 rings (SSSR count). The molecule has 1 aromatic rings. The SMILES string of the molecule is CC(C)CCC(=O)CCOC(=O)c1ccccc1. The number of carbonyl (C=O) groups excluding carboxylic acids is 2. The van der Waals surface area contributed by atoms with Gasteiger partial charge in [0.05, 0.1) is 12.2 Å². The van der Waals surface area contributed by atoms with Crippen molar-refractivity contribution in [2.45, 2.75) is 33.1 Å². The minimum absolute atomic E-state index is 0.157. The van der Waals surface area contributed by atoms with Crippen molar-refractivity contribution >= 4 is 11.8 Å². The zero-order chi connectivity index (χ0) is 13.4. The molecule has 0 bridgehead atoms. The number of ketones is 1. The van der Waals surface area contributed by atoms with Crippen LogP contribution in [0.15, 0.2) is 30.3 Å². The third kappa shape index (κ3) is 5.62. The molecule has 0 fully saturated rings. The summed E-state index contributed by atoms with van der Waals surface area (Å²) in [6.07, 6.45) is 1.78. The van der Waals surface area contributed by atoms with E-state index in [2.05, 4.69) is 13.8 Å². The Labute approximate surface area is 108 Å². The molecule has 0 saturated heterocycles. The molecule has 0 unspecified atom stereocenters. The summed E-state index contributed by atoms with van der Waals surface area (Å²) in [5.41, 5.74) is 0.520. The monoisotopic (exact) mass is 248 g/mol. The molecular formula is C15H20O3. The Morgan fingerprint density at radius 3 is 2.39 bits per heavy atom. The maximum atomic E-state index is 11.6. The normalized spacial score (nSPS) is 10.4. The number of benzene rings is 1. The van der Waals surface area contributed by atoms with Crippen LogP contribution >= 0.6 is 0 Å². The number of esters is 1. The Bertz CT molecular complexity index is 382. The third-order valence-corrected chi connectivity index (χ3v) is 2.62. The number of rotatable bonds is 7. The van der Waals surface area contributed by atoms with Gasteiger partial charge in [-0.05, 0) is 24.5 Å². The lowest BCUT2D eigenvalue weighted by Gasteiger charge is -2.05. The van der Waals surface area contributed by atoms with E-state index in [1.54, 1.807) is 24.3 Å². The molecule has 0 spiro atoms. The van der Waals surface area contributed by atoms with Gasteiger partial charge in [-0.15, -0.1) is 0 Å². The molecule has 0 heterocycles.